The predicted octanol–water partition coefficient (Wildman–Crippen LogP) is 0.396. The molecule has 1 rings (SSSR count). The van der Waals surface area contributed by atoms with Gasteiger partial charge in [-0.05, 0) is 34.6 Å². The summed E-state index contributed by atoms with van der Waals surface area (Å²) in [4.78, 5) is 4.37. The van der Waals surface area contributed by atoms with Crippen LogP contribution in [0.15, 0.2) is 17.4 Å². The van der Waals surface area contributed by atoms with Crippen molar-refractivity contribution in [1.29, 1.82) is 0 Å². The fourth-order valence-corrected chi connectivity index (χ4v) is 2.96. The maximum absolute atomic E-state index is 12.1. The van der Waals surface area contributed by atoms with E-state index in [1.165, 1.54) is 0 Å². The molecular formula is C16H31N5O3S. The van der Waals surface area contributed by atoms with Gasteiger partial charge in [-0.25, -0.2) is 13.4 Å². The summed E-state index contributed by atoms with van der Waals surface area (Å²) in [6.45, 7) is 9.66. The number of guanidine groups is 1. The molecule has 1 heterocycles. The van der Waals surface area contributed by atoms with Crippen molar-refractivity contribution in [2.24, 2.45) is 12.0 Å². The summed E-state index contributed by atoms with van der Waals surface area (Å²) in [5.41, 5.74) is -0.487. The van der Waals surface area contributed by atoms with Gasteiger partial charge in [0.2, 0.25) is 0 Å². The first kappa shape index (κ1) is 21.4. The Morgan fingerprint density at radius 3 is 2.44 bits per heavy atom. The van der Waals surface area contributed by atoms with E-state index in [1.54, 1.807) is 51.8 Å². The zero-order valence-electron chi connectivity index (χ0n) is 16.0. The molecule has 0 fully saturated rings. The summed E-state index contributed by atoms with van der Waals surface area (Å²) in [6, 6.07) is 0. The van der Waals surface area contributed by atoms with Gasteiger partial charge in [-0.2, -0.15) is 5.10 Å². The largest absolute Gasteiger partial charge is 0.383 e. The summed E-state index contributed by atoms with van der Waals surface area (Å²) >= 11 is 0. The van der Waals surface area contributed by atoms with E-state index in [1.807, 2.05) is 6.92 Å². The number of nitrogens with zero attached hydrogens (tertiary/aromatic N) is 3. The molecule has 3 N–H and O–H groups in total. The molecule has 0 aromatic carbocycles. The lowest BCUT2D eigenvalue weighted by Gasteiger charge is -2.21. The second kappa shape index (κ2) is 8.18. The molecule has 0 saturated heterocycles. The Bertz CT molecular complexity index is 687. The molecule has 0 aliphatic carbocycles. The highest BCUT2D eigenvalue weighted by Crippen LogP contribution is 2.20. The maximum Gasteiger partial charge on any atom is 0.191 e. The van der Waals surface area contributed by atoms with Crippen molar-refractivity contribution < 1.29 is 13.5 Å². The number of aryl methyl sites for hydroxylation is 1. The highest BCUT2D eigenvalue weighted by atomic mass is 32.2. The summed E-state index contributed by atoms with van der Waals surface area (Å²) < 4.78 is 25.1. The molecule has 1 aromatic heterocycles. The van der Waals surface area contributed by atoms with Crippen LogP contribution >= 0.6 is 0 Å². The van der Waals surface area contributed by atoms with Gasteiger partial charge in [-0.1, -0.05) is 0 Å². The van der Waals surface area contributed by atoms with Gasteiger partial charge in [0, 0.05) is 31.9 Å². The zero-order valence-corrected chi connectivity index (χ0v) is 16.8. The molecule has 0 aliphatic heterocycles. The van der Waals surface area contributed by atoms with Crippen LogP contribution in [0.1, 0.15) is 40.2 Å². The maximum atomic E-state index is 12.1. The molecule has 0 saturated carbocycles. The third kappa shape index (κ3) is 6.32. The van der Waals surface area contributed by atoms with Crippen LogP contribution in [-0.2, 0) is 22.5 Å². The van der Waals surface area contributed by atoms with Crippen LogP contribution in [0.2, 0.25) is 0 Å². The molecular weight excluding hydrogens is 342 g/mol. The van der Waals surface area contributed by atoms with Gasteiger partial charge in [-0.3, -0.25) is 4.68 Å². The van der Waals surface area contributed by atoms with Crippen molar-refractivity contribution in [3.63, 3.8) is 0 Å². The van der Waals surface area contributed by atoms with E-state index < -0.39 is 20.2 Å². The van der Waals surface area contributed by atoms with E-state index >= 15 is 0 Å². The monoisotopic (exact) mass is 373 g/mol. The van der Waals surface area contributed by atoms with Crippen LogP contribution in [0.5, 0.6) is 0 Å². The van der Waals surface area contributed by atoms with Crippen LogP contribution in [0.25, 0.3) is 0 Å². The number of hydrogen-bond donors (Lipinski definition) is 3. The van der Waals surface area contributed by atoms with Crippen molar-refractivity contribution in [3.8, 4) is 0 Å². The molecule has 0 aliphatic rings. The highest BCUT2D eigenvalue weighted by Gasteiger charge is 2.28. The molecule has 0 radical (unpaired) electrons. The molecule has 1 unspecified atom stereocenters. The van der Waals surface area contributed by atoms with Gasteiger partial charge >= 0.3 is 0 Å². The summed E-state index contributed by atoms with van der Waals surface area (Å²) in [7, 11) is -1.42. The molecule has 8 nitrogen and oxygen atoms in total. The van der Waals surface area contributed by atoms with Crippen molar-refractivity contribution in [2.75, 3.05) is 25.4 Å². The average molecular weight is 374 g/mol. The van der Waals surface area contributed by atoms with Gasteiger partial charge in [0.15, 0.2) is 15.8 Å². The minimum atomic E-state index is -3.20. The first-order valence-corrected chi connectivity index (χ1v) is 10.0. The Balaban J connectivity index is 2.71. The Labute approximate surface area is 150 Å². The van der Waals surface area contributed by atoms with E-state index in [2.05, 4.69) is 20.7 Å². The van der Waals surface area contributed by atoms with Gasteiger partial charge in [0.25, 0.3) is 0 Å². The number of rotatable bonds is 7. The predicted molar refractivity (Wildman–Crippen MR) is 100 cm³/mol. The average Bonchev–Trinajstić information content (AvgIpc) is 2.91. The number of aromatic nitrogens is 2. The third-order valence-corrected chi connectivity index (χ3v) is 6.42. The first-order chi connectivity index (χ1) is 11.4. The van der Waals surface area contributed by atoms with E-state index in [4.69, 9.17) is 0 Å². The van der Waals surface area contributed by atoms with Gasteiger partial charge in [-0.15, -0.1) is 0 Å². The number of sulfone groups is 1. The molecule has 1 atom stereocenters. The lowest BCUT2D eigenvalue weighted by atomic mass is 10.0. The van der Waals surface area contributed by atoms with E-state index in [9.17, 15) is 13.5 Å². The normalized spacial score (nSPS) is 15.7. The van der Waals surface area contributed by atoms with Crippen LogP contribution in [0.4, 0.5) is 0 Å². The quantitative estimate of drug-likeness (QED) is 0.471. The highest BCUT2D eigenvalue weighted by molar-refractivity contribution is 7.92. The minimum absolute atomic E-state index is 0.0138. The molecule has 0 bridgehead atoms. The standard InChI is InChI=1S/C16H31N5O3S/c1-7-17-14(18-8-9-25(23,24)15(2,3)4)19-12-16(5,22)13-10-20-21(6)11-13/h10-11,22H,7-9,12H2,1-6H3,(H2,17,18,19). The molecule has 25 heavy (non-hydrogen) atoms. The Hall–Kier alpha value is -1.61. The molecule has 0 spiro atoms. The first-order valence-electron chi connectivity index (χ1n) is 8.35. The van der Waals surface area contributed by atoms with Crippen LogP contribution in [0.3, 0.4) is 0 Å². The van der Waals surface area contributed by atoms with Crippen LogP contribution in [0, 0.1) is 0 Å². The van der Waals surface area contributed by atoms with Crippen molar-refractivity contribution >= 4 is 15.8 Å². The van der Waals surface area contributed by atoms with Crippen LogP contribution in [-0.4, -0.2) is 59.4 Å². The number of aliphatic imine (C=N–C) groups is 1. The van der Waals surface area contributed by atoms with Gasteiger partial charge in [0.05, 0.1) is 23.2 Å². The Morgan fingerprint density at radius 2 is 1.96 bits per heavy atom. The van der Waals surface area contributed by atoms with Crippen molar-refractivity contribution in [2.45, 2.75) is 45.0 Å². The lowest BCUT2D eigenvalue weighted by Crippen LogP contribution is -2.42. The van der Waals surface area contributed by atoms with Gasteiger partial charge in [0.1, 0.15) is 5.60 Å². The lowest BCUT2D eigenvalue weighted by molar-refractivity contribution is 0.0672. The second-order valence-electron chi connectivity index (χ2n) is 7.23. The summed E-state index contributed by atoms with van der Waals surface area (Å²) in [5, 5.41) is 20.7. The summed E-state index contributed by atoms with van der Waals surface area (Å²) in [5.74, 6) is 0.482. The fraction of sp³-hybridized carbons (Fsp3) is 0.750. The number of aliphatic hydroxyl groups is 1. The number of hydrogen-bond acceptors (Lipinski definition) is 5. The second-order valence-corrected chi connectivity index (χ2v) is 10.1. The smallest absolute Gasteiger partial charge is 0.191 e. The van der Waals surface area contributed by atoms with E-state index in [0.717, 1.165) is 0 Å². The molecule has 0 amide bonds. The van der Waals surface area contributed by atoms with Crippen LogP contribution < -0.4 is 10.6 Å². The minimum Gasteiger partial charge on any atom is -0.383 e. The molecule has 9 heteroatoms. The van der Waals surface area contributed by atoms with Crippen molar-refractivity contribution in [3.05, 3.63) is 18.0 Å². The molecule has 1 aromatic rings. The number of nitrogens with one attached hydrogen (secondary N) is 2. The zero-order chi connectivity index (χ0) is 19.3. The SMILES string of the molecule is CCNC(=NCC(C)(O)c1cnn(C)c1)NCCS(=O)(=O)C(C)(C)C. The Kier molecular flexibility index (Phi) is 7.01. The fourth-order valence-electron chi connectivity index (χ4n) is 1.98. The summed E-state index contributed by atoms with van der Waals surface area (Å²) in [6.07, 6.45) is 3.34. The third-order valence-electron chi connectivity index (χ3n) is 3.81. The van der Waals surface area contributed by atoms with E-state index in [-0.39, 0.29) is 18.8 Å². The Morgan fingerprint density at radius 1 is 1.32 bits per heavy atom. The van der Waals surface area contributed by atoms with Gasteiger partial charge < -0.3 is 15.7 Å². The topological polar surface area (TPSA) is 109 Å². The van der Waals surface area contributed by atoms with Crippen molar-refractivity contribution in [1.82, 2.24) is 20.4 Å². The van der Waals surface area contributed by atoms with E-state index in [0.29, 0.717) is 18.1 Å². The molecule has 144 valence electrons.